The minimum absolute atomic E-state index is 0.109. The average Bonchev–Trinajstić information content (AvgIpc) is 2.82. The van der Waals surface area contributed by atoms with Crippen molar-refractivity contribution in [2.24, 2.45) is 5.73 Å². The van der Waals surface area contributed by atoms with Crippen LogP contribution >= 0.6 is 11.3 Å². The van der Waals surface area contributed by atoms with Gasteiger partial charge in [0, 0.05) is 22.5 Å². The second-order valence-electron chi connectivity index (χ2n) is 4.18. The molecule has 0 radical (unpaired) electrons. The summed E-state index contributed by atoms with van der Waals surface area (Å²) in [4.78, 5) is 13.4. The zero-order valence-electron chi connectivity index (χ0n) is 10.4. The van der Waals surface area contributed by atoms with Gasteiger partial charge in [0.05, 0.1) is 11.9 Å². The van der Waals surface area contributed by atoms with E-state index in [4.69, 9.17) is 5.73 Å². The monoisotopic (exact) mass is 264 g/mol. The molecule has 0 unspecified atom stereocenters. The van der Waals surface area contributed by atoms with E-state index in [9.17, 15) is 4.79 Å². The Morgan fingerprint density at radius 3 is 2.94 bits per heavy atom. The van der Waals surface area contributed by atoms with Crippen LogP contribution in [0.3, 0.4) is 0 Å². The van der Waals surface area contributed by atoms with Gasteiger partial charge in [0.2, 0.25) is 5.91 Å². The first kappa shape index (κ1) is 12.6. The average molecular weight is 264 g/mol. The van der Waals surface area contributed by atoms with Crippen molar-refractivity contribution in [2.45, 2.75) is 26.9 Å². The fourth-order valence-corrected chi connectivity index (χ4v) is 2.70. The molecule has 96 valence electrons. The predicted octanol–water partition coefficient (Wildman–Crippen LogP) is 1.66. The van der Waals surface area contributed by atoms with E-state index < -0.39 is 5.91 Å². The molecule has 0 spiro atoms. The molecule has 3 N–H and O–H groups in total. The number of carbonyl (C=O) groups is 1. The number of nitrogens with two attached hydrogens (primary N) is 1. The largest absolute Gasteiger partial charge is 0.378 e. The maximum atomic E-state index is 10.7. The summed E-state index contributed by atoms with van der Waals surface area (Å²) < 4.78 is 1.52. The van der Waals surface area contributed by atoms with Gasteiger partial charge in [-0.3, -0.25) is 9.48 Å². The summed E-state index contributed by atoms with van der Waals surface area (Å²) in [6.45, 7) is 5.09. The highest BCUT2D eigenvalue weighted by molar-refractivity contribution is 7.12. The van der Waals surface area contributed by atoms with Gasteiger partial charge in [-0.1, -0.05) is 0 Å². The second-order valence-corrected chi connectivity index (χ2v) is 5.65. The number of aryl methyl sites for hydroxylation is 2. The molecule has 0 aliphatic rings. The maximum Gasteiger partial charge on any atom is 0.239 e. The number of nitrogens with one attached hydrogen (secondary N) is 1. The molecule has 0 bridgehead atoms. The topological polar surface area (TPSA) is 72.9 Å². The number of primary amides is 1. The SMILES string of the molecule is Cc1cc(CNc2cnn(CC(N)=O)c2)c(C)s1. The molecule has 0 aliphatic carbocycles. The van der Waals surface area contributed by atoms with E-state index in [1.54, 1.807) is 23.7 Å². The number of hydrogen-bond acceptors (Lipinski definition) is 4. The lowest BCUT2D eigenvalue weighted by atomic mass is 10.2. The van der Waals surface area contributed by atoms with Gasteiger partial charge >= 0.3 is 0 Å². The van der Waals surface area contributed by atoms with Gasteiger partial charge in [-0.25, -0.2) is 0 Å². The zero-order chi connectivity index (χ0) is 13.1. The second kappa shape index (κ2) is 5.22. The minimum Gasteiger partial charge on any atom is -0.378 e. The molecule has 0 aromatic carbocycles. The van der Waals surface area contributed by atoms with Crippen molar-refractivity contribution in [3.05, 3.63) is 33.8 Å². The van der Waals surface area contributed by atoms with Crippen molar-refractivity contribution in [3.63, 3.8) is 0 Å². The van der Waals surface area contributed by atoms with Crippen LogP contribution in [0.15, 0.2) is 18.5 Å². The first-order valence-electron chi connectivity index (χ1n) is 5.65. The van der Waals surface area contributed by atoms with Crippen LogP contribution in [0.5, 0.6) is 0 Å². The summed E-state index contributed by atoms with van der Waals surface area (Å²) in [6.07, 6.45) is 3.47. The molecule has 0 saturated carbocycles. The summed E-state index contributed by atoms with van der Waals surface area (Å²) in [5.41, 5.74) is 7.28. The van der Waals surface area contributed by atoms with Crippen molar-refractivity contribution in [3.8, 4) is 0 Å². The van der Waals surface area contributed by atoms with Crippen molar-refractivity contribution >= 4 is 22.9 Å². The van der Waals surface area contributed by atoms with Crippen LogP contribution in [0, 0.1) is 13.8 Å². The number of carbonyl (C=O) groups excluding carboxylic acids is 1. The standard InChI is InChI=1S/C12H16N4OS/c1-8-3-10(9(2)18-8)4-14-11-5-15-16(6-11)7-12(13)17/h3,5-6,14H,4,7H2,1-2H3,(H2,13,17). The number of thiophene rings is 1. The van der Waals surface area contributed by atoms with Gasteiger partial charge in [0.15, 0.2) is 0 Å². The number of amides is 1. The number of anilines is 1. The number of aromatic nitrogens is 2. The molecule has 2 rings (SSSR count). The van der Waals surface area contributed by atoms with Crippen molar-refractivity contribution < 1.29 is 4.79 Å². The zero-order valence-corrected chi connectivity index (χ0v) is 11.3. The normalized spacial score (nSPS) is 10.6. The molecular weight excluding hydrogens is 248 g/mol. The van der Waals surface area contributed by atoms with Gasteiger partial charge in [0.1, 0.15) is 6.54 Å². The third-order valence-electron chi connectivity index (χ3n) is 2.58. The highest BCUT2D eigenvalue weighted by Gasteiger charge is 2.04. The molecule has 2 aromatic heterocycles. The molecule has 1 amide bonds. The van der Waals surface area contributed by atoms with Gasteiger partial charge < -0.3 is 11.1 Å². The third kappa shape index (κ3) is 3.10. The molecule has 2 heterocycles. The van der Waals surface area contributed by atoms with E-state index in [0.717, 1.165) is 12.2 Å². The van der Waals surface area contributed by atoms with Crippen LogP contribution in [0.2, 0.25) is 0 Å². The van der Waals surface area contributed by atoms with Crippen LogP contribution < -0.4 is 11.1 Å². The lowest BCUT2D eigenvalue weighted by molar-refractivity contribution is -0.118. The number of hydrogen-bond donors (Lipinski definition) is 2. The Morgan fingerprint density at radius 2 is 2.33 bits per heavy atom. The minimum atomic E-state index is -0.394. The maximum absolute atomic E-state index is 10.7. The third-order valence-corrected chi connectivity index (χ3v) is 3.59. The Bertz CT molecular complexity index is 558. The van der Waals surface area contributed by atoms with E-state index in [1.807, 2.05) is 0 Å². The van der Waals surface area contributed by atoms with Crippen LogP contribution in [0.1, 0.15) is 15.3 Å². The van der Waals surface area contributed by atoms with E-state index in [1.165, 1.54) is 20.0 Å². The van der Waals surface area contributed by atoms with Crippen LogP contribution in [-0.4, -0.2) is 15.7 Å². The summed E-state index contributed by atoms with van der Waals surface area (Å²) in [6, 6.07) is 2.18. The van der Waals surface area contributed by atoms with E-state index in [-0.39, 0.29) is 6.54 Å². The number of rotatable bonds is 5. The van der Waals surface area contributed by atoms with Crippen molar-refractivity contribution in [1.29, 1.82) is 0 Å². The van der Waals surface area contributed by atoms with E-state index in [0.29, 0.717) is 0 Å². The first-order valence-corrected chi connectivity index (χ1v) is 6.47. The highest BCUT2D eigenvalue weighted by Crippen LogP contribution is 2.21. The molecule has 0 atom stereocenters. The molecule has 0 aliphatic heterocycles. The smallest absolute Gasteiger partial charge is 0.239 e. The Kier molecular flexibility index (Phi) is 3.66. The van der Waals surface area contributed by atoms with Crippen LogP contribution in [0.4, 0.5) is 5.69 Å². The molecule has 2 aromatic rings. The Morgan fingerprint density at radius 1 is 1.56 bits per heavy atom. The van der Waals surface area contributed by atoms with E-state index in [2.05, 4.69) is 30.3 Å². The summed E-state index contributed by atoms with van der Waals surface area (Å²) in [5, 5.41) is 7.33. The predicted molar refractivity (Wildman–Crippen MR) is 72.5 cm³/mol. The van der Waals surface area contributed by atoms with Gasteiger partial charge in [-0.05, 0) is 25.5 Å². The molecule has 5 nitrogen and oxygen atoms in total. The fourth-order valence-electron chi connectivity index (χ4n) is 1.76. The van der Waals surface area contributed by atoms with Gasteiger partial charge in [0.25, 0.3) is 0 Å². The van der Waals surface area contributed by atoms with E-state index >= 15 is 0 Å². The van der Waals surface area contributed by atoms with Crippen molar-refractivity contribution in [1.82, 2.24) is 9.78 Å². The first-order chi connectivity index (χ1) is 8.54. The Balaban J connectivity index is 1.96. The van der Waals surface area contributed by atoms with Crippen molar-refractivity contribution in [2.75, 3.05) is 5.32 Å². The summed E-state index contributed by atoms with van der Waals surface area (Å²) in [7, 11) is 0. The molecular formula is C12H16N4OS. The highest BCUT2D eigenvalue weighted by atomic mass is 32.1. The van der Waals surface area contributed by atoms with Gasteiger partial charge in [-0.2, -0.15) is 5.10 Å². The number of nitrogens with zero attached hydrogens (tertiary/aromatic N) is 2. The summed E-state index contributed by atoms with van der Waals surface area (Å²) >= 11 is 1.80. The lowest BCUT2D eigenvalue weighted by Gasteiger charge is -2.02. The Hall–Kier alpha value is -1.82. The van der Waals surface area contributed by atoms with Gasteiger partial charge in [-0.15, -0.1) is 11.3 Å². The quantitative estimate of drug-likeness (QED) is 0.862. The van der Waals surface area contributed by atoms with Crippen LogP contribution in [-0.2, 0) is 17.9 Å². The molecule has 6 heteroatoms. The Labute approximate surface area is 110 Å². The molecule has 0 fully saturated rings. The summed E-state index contributed by atoms with van der Waals surface area (Å²) in [5.74, 6) is -0.394. The fraction of sp³-hybridized carbons (Fsp3) is 0.333. The van der Waals surface area contributed by atoms with Crippen LogP contribution in [0.25, 0.3) is 0 Å². The lowest BCUT2D eigenvalue weighted by Crippen LogP contribution is -2.18. The molecule has 0 saturated heterocycles. The molecule has 18 heavy (non-hydrogen) atoms.